The standard InChI is InChI=1S/C9H12BNO3/c1-2-3-4-14-9-5-8(10(12)13)6-11-7-9/h2,5-7,12-13H,1,3-4H2. The van der Waals surface area contributed by atoms with Crippen LogP contribution >= 0.6 is 0 Å². The van der Waals surface area contributed by atoms with E-state index in [0.29, 0.717) is 17.8 Å². The highest BCUT2D eigenvalue weighted by Crippen LogP contribution is 2.05. The number of aromatic nitrogens is 1. The van der Waals surface area contributed by atoms with Crippen LogP contribution in [0.4, 0.5) is 0 Å². The second-order valence-corrected chi connectivity index (χ2v) is 2.75. The summed E-state index contributed by atoms with van der Waals surface area (Å²) in [6.45, 7) is 4.07. The van der Waals surface area contributed by atoms with E-state index in [0.717, 1.165) is 6.42 Å². The summed E-state index contributed by atoms with van der Waals surface area (Å²) in [6.07, 6.45) is 5.39. The molecule has 2 N–H and O–H groups in total. The van der Waals surface area contributed by atoms with Crippen molar-refractivity contribution in [3.8, 4) is 5.75 Å². The van der Waals surface area contributed by atoms with E-state index in [-0.39, 0.29) is 0 Å². The van der Waals surface area contributed by atoms with Crippen LogP contribution in [0, 0.1) is 0 Å². The first-order chi connectivity index (χ1) is 6.74. The van der Waals surface area contributed by atoms with Gasteiger partial charge in [0.15, 0.2) is 0 Å². The Hall–Kier alpha value is -1.33. The molecule has 0 aliphatic rings. The highest BCUT2D eigenvalue weighted by Gasteiger charge is 2.11. The second-order valence-electron chi connectivity index (χ2n) is 2.75. The number of ether oxygens (including phenoxy) is 1. The lowest BCUT2D eigenvalue weighted by atomic mass is 9.82. The fourth-order valence-corrected chi connectivity index (χ4v) is 0.916. The molecule has 0 atom stereocenters. The van der Waals surface area contributed by atoms with Crippen LogP contribution in [0.5, 0.6) is 5.75 Å². The van der Waals surface area contributed by atoms with Crippen LogP contribution in [0.25, 0.3) is 0 Å². The predicted octanol–water partition coefficient (Wildman–Crippen LogP) is -0.284. The molecule has 0 aliphatic carbocycles. The third-order valence-corrected chi connectivity index (χ3v) is 1.62. The van der Waals surface area contributed by atoms with E-state index in [9.17, 15) is 0 Å². The molecule has 0 spiro atoms. The van der Waals surface area contributed by atoms with Gasteiger partial charge in [-0.1, -0.05) is 6.08 Å². The van der Waals surface area contributed by atoms with E-state index in [4.69, 9.17) is 14.8 Å². The van der Waals surface area contributed by atoms with Gasteiger partial charge in [0.1, 0.15) is 5.75 Å². The smallest absolute Gasteiger partial charge is 0.490 e. The summed E-state index contributed by atoms with van der Waals surface area (Å²) in [5.74, 6) is 0.525. The van der Waals surface area contributed by atoms with Crippen molar-refractivity contribution >= 4 is 12.6 Å². The number of rotatable bonds is 5. The van der Waals surface area contributed by atoms with Crippen molar-refractivity contribution in [1.29, 1.82) is 0 Å². The summed E-state index contributed by atoms with van der Waals surface area (Å²) in [5, 5.41) is 17.7. The Balaban J connectivity index is 2.59. The molecule has 0 unspecified atom stereocenters. The highest BCUT2D eigenvalue weighted by atomic mass is 16.5. The average Bonchev–Trinajstić information content (AvgIpc) is 2.19. The summed E-state index contributed by atoms with van der Waals surface area (Å²) in [7, 11) is -1.51. The topological polar surface area (TPSA) is 62.6 Å². The molecule has 5 heteroatoms. The molecule has 0 radical (unpaired) electrons. The molecule has 0 aliphatic heterocycles. The predicted molar refractivity (Wildman–Crippen MR) is 54.4 cm³/mol. The van der Waals surface area contributed by atoms with Crippen molar-refractivity contribution in [1.82, 2.24) is 4.98 Å². The van der Waals surface area contributed by atoms with Crippen LogP contribution < -0.4 is 10.2 Å². The van der Waals surface area contributed by atoms with Gasteiger partial charge >= 0.3 is 7.12 Å². The fraction of sp³-hybridized carbons (Fsp3) is 0.222. The fourth-order valence-electron chi connectivity index (χ4n) is 0.916. The van der Waals surface area contributed by atoms with Crippen LogP contribution in [-0.4, -0.2) is 28.8 Å². The minimum Gasteiger partial charge on any atom is -0.492 e. The molecular weight excluding hydrogens is 181 g/mol. The molecular formula is C9H12BNO3. The van der Waals surface area contributed by atoms with Gasteiger partial charge in [0.2, 0.25) is 0 Å². The number of hydrogen-bond donors (Lipinski definition) is 2. The van der Waals surface area contributed by atoms with Gasteiger partial charge in [-0.25, -0.2) is 0 Å². The Morgan fingerprint density at radius 1 is 1.50 bits per heavy atom. The third-order valence-electron chi connectivity index (χ3n) is 1.62. The van der Waals surface area contributed by atoms with Crippen molar-refractivity contribution in [3.63, 3.8) is 0 Å². The van der Waals surface area contributed by atoms with E-state index in [1.54, 1.807) is 12.1 Å². The summed E-state index contributed by atoms with van der Waals surface area (Å²) < 4.78 is 5.28. The molecule has 1 aromatic heterocycles. The van der Waals surface area contributed by atoms with Gasteiger partial charge in [-0.2, -0.15) is 0 Å². The van der Waals surface area contributed by atoms with Crippen LogP contribution in [0.3, 0.4) is 0 Å². The van der Waals surface area contributed by atoms with Gasteiger partial charge in [-0.3, -0.25) is 4.98 Å². The van der Waals surface area contributed by atoms with E-state index in [1.807, 2.05) is 0 Å². The normalized spacial score (nSPS) is 9.57. The van der Waals surface area contributed by atoms with E-state index < -0.39 is 7.12 Å². The molecule has 1 aromatic rings. The van der Waals surface area contributed by atoms with Crippen molar-refractivity contribution in [2.24, 2.45) is 0 Å². The SMILES string of the molecule is C=CCCOc1cncc(B(O)O)c1. The van der Waals surface area contributed by atoms with Crippen molar-refractivity contribution in [2.75, 3.05) is 6.61 Å². The molecule has 0 amide bonds. The van der Waals surface area contributed by atoms with Gasteiger partial charge in [-0.05, 0) is 12.5 Å². The Bertz CT molecular complexity index is 304. The van der Waals surface area contributed by atoms with Gasteiger partial charge in [-0.15, -0.1) is 6.58 Å². The van der Waals surface area contributed by atoms with Crippen LogP contribution in [0.15, 0.2) is 31.1 Å². The van der Waals surface area contributed by atoms with Crippen molar-refractivity contribution in [3.05, 3.63) is 31.1 Å². The van der Waals surface area contributed by atoms with Crippen LogP contribution in [-0.2, 0) is 0 Å². The molecule has 14 heavy (non-hydrogen) atoms. The van der Waals surface area contributed by atoms with E-state index in [1.165, 1.54) is 12.4 Å². The third kappa shape index (κ3) is 3.20. The average molecular weight is 193 g/mol. The summed E-state index contributed by atoms with van der Waals surface area (Å²) >= 11 is 0. The minimum absolute atomic E-state index is 0.320. The van der Waals surface area contributed by atoms with Crippen LogP contribution in [0.1, 0.15) is 6.42 Å². The molecule has 0 aromatic carbocycles. The Morgan fingerprint density at radius 2 is 2.29 bits per heavy atom. The highest BCUT2D eigenvalue weighted by molar-refractivity contribution is 6.58. The summed E-state index contributed by atoms with van der Waals surface area (Å²) in [5.41, 5.74) is 0.320. The van der Waals surface area contributed by atoms with Gasteiger partial charge in [0, 0.05) is 11.7 Å². The Morgan fingerprint density at radius 3 is 2.93 bits per heavy atom. The Labute approximate surface area is 83.0 Å². The first-order valence-corrected chi connectivity index (χ1v) is 4.29. The summed E-state index contributed by atoms with van der Waals surface area (Å²) in [6, 6.07) is 1.54. The largest absolute Gasteiger partial charge is 0.492 e. The molecule has 0 saturated carbocycles. The lowest BCUT2D eigenvalue weighted by Crippen LogP contribution is -2.30. The lowest BCUT2D eigenvalue weighted by Gasteiger charge is -2.05. The van der Waals surface area contributed by atoms with Gasteiger partial charge in [0.25, 0.3) is 0 Å². The van der Waals surface area contributed by atoms with Gasteiger partial charge in [0.05, 0.1) is 12.8 Å². The van der Waals surface area contributed by atoms with E-state index in [2.05, 4.69) is 11.6 Å². The molecule has 0 bridgehead atoms. The molecule has 0 fully saturated rings. The molecule has 4 nitrogen and oxygen atoms in total. The first kappa shape index (κ1) is 10.8. The molecule has 0 saturated heterocycles. The van der Waals surface area contributed by atoms with Crippen LogP contribution in [0.2, 0.25) is 0 Å². The number of nitrogens with zero attached hydrogens (tertiary/aromatic N) is 1. The van der Waals surface area contributed by atoms with Crippen molar-refractivity contribution < 1.29 is 14.8 Å². The quantitative estimate of drug-likeness (QED) is 0.383. The maximum absolute atomic E-state index is 8.86. The zero-order valence-electron chi connectivity index (χ0n) is 7.76. The number of pyridine rings is 1. The zero-order valence-corrected chi connectivity index (χ0v) is 7.76. The van der Waals surface area contributed by atoms with Crippen molar-refractivity contribution in [2.45, 2.75) is 6.42 Å². The Kier molecular flexibility index (Phi) is 4.16. The van der Waals surface area contributed by atoms with E-state index >= 15 is 0 Å². The molecule has 1 rings (SSSR count). The summed E-state index contributed by atoms with van der Waals surface area (Å²) in [4.78, 5) is 3.81. The second kappa shape index (κ2) is 5.41. The molecule has 1 heterocycles. The minimum atomic E-state index is -1.51. The maximum Gasteiger partial charge on any atom is 0.490 e. The first-order valence-electron chi connectivity index (χ1n) is 4.29. The monoisotopic (exact) mass is 193 g/mol. The zero-order chi connectivity index (χ0) is 10.4. The number of hydrogen-bond acceptors (Lipinski definition) is 4. The lowest BCUT2D eigenvalue weighted by molar-refractivity contribution is 0.323. The maximum atomic E-state index is 8.86. The van der Waals surface area contributed by atoms with Gasteiger partial charge < -0.3 is 14.8 Å². The molecule has 74 valence electrons.